The Morgan fingerprint density at radius 2 is 2.00 bits per heavy atom. The standard InChI is InChI=1S/C16H14N4OS/c17-16(21)13-2-1-3-14(8-13)18-9-11-4-6-12(7-5-11)15-10-22-20-19-15/h1-8,10,18H,9H2,(H2,17,21). The number of amides is 1. The molecule has 0 fully saturated rings. The van der Waals surface area contributed by atoms with Crippen molar-refractivity contribution in [2.24, 2.45) is 5.73 Å². The summed E-state index contributed by atoms with van der Waals surface area (Å²) in [5, 5.41) is 9.24. The second-order valence-electron chi connectivity index (χ2n) is 4.79. The van der Waals surface area contributed by atoms with Gasteiger partial charge in [-0.2, -0.15) is 0 Å². The fraction of sp³-hybridized carbons (Fsp3) is 0.0625. The average molecular weight is 310 g/mol. The van der Waals surface area contributed by atoms with Crippen molar-refractivity contribution in [1.82, 2.24) is 9.59 Å². The van der Waals surface area contributed by atoms with Crippen LogP contribution in [0.2, 0.25) is 0 Å². The number of nitrogens with zero attached hydrogens (tertiary/aromatic N) is 2. The van der Waals surface area contributed by atoms with E-state index in [9.17, 15) is 4.79 Å². The van der Waals surface area contributed by atoms with E-state index < -0.39 is 5.91 Å². The number of nitrogens with one attached hydrogen (secondary N) is 1. The van der Waals surface area contributed by atoms with Crippen molar-refractivity contribution < 1.29 is 4.79 Å². The van der Waals surface area contributed by atoms with Crippen LogP contribution in [0.1, 0.15) is 15.9 Å². The van der Waals surface area contributed by atoms with Crippen LogP contribution in [0.4, 0.5) is 5.69 Å². The molecule has 2 aromatic carbocycles. The number of aromatic nitrogens is 2. The molecule has 3 N–H and O–H groups in total. The van der Waals surface area contributed by atoms with Gasteiger partial charge >= 0.3 is 0 Å². The van der Waals surface area contributed by atoms with Crippen LogP contribution < -0.4 is 11.1 Å². The summed E-state index contributed by atoms with van der Waals surface area (Å²) < 4.78 is 3.86. The van der Waals surface area contributed by atoms with Gasteiger partial charge in [0.2, 0.25) is 5.91 Å². The van der Waals surface area contributed by atoms with E-state index in [4.69, 9.17) is 5.73 Å². The van der Waals surface area contributed by atoms with E-state index in [1.165, 1.54) is 11.5 Å². The SMILES string of the molecule is NC(=O)c1cccc(NCc2ccc(-c3csnn3)cc2)c1. The zero-order chi connectivity index (χ0) is 15.4. The average Bonchev–Trinajstić information content (AvgIpc) is 3.08. The smallest absolute Gasteiger partial charge is 0.248 e. The molecule has 0 aliphatic carbocycles. The van der Waals surface area contributed by atoms with Crippen molar-refractivity contribution in [3.8, 4) is 11.3 Å². The van der Waals surface area contributed by atoms with Gasteiger partial charge in [0.25, 0.3) is 0 Å². The third kappa shape index (κ3) is 3.29. The fourth-order valence-corrected chi connectivity index (χ4v) is 2.54. The summed E-state index contributed by atoms with van der Waals surface area (Å²) in [4.78, 5) is 11.2. The third-order valence-electron chi connectivity index (χ3n) is 3.25. The molecule has 0 unspecified atom stereocenters. The molecular formula is C16H14N4OS. The number of rotatable bonds is 5. The van der Waals surface area contributed by atoms with Gasteiger partial charge in [0.15, 0.2) is 0 Å². The summed E-state index contributed by atoms with van der Waals surface area (Å²) in [5.74, 6) is -0.426. The van der Waals surface area contributed by atoms with Gasteiger partial charge in [-0.1, -0.05) is 34.8 Å². The highest BCUT2D eigenvalue weighted by atomic mass is 32.1. The molecule has 22 heavy (non-hydrogen) atoms. The molecule has 6 heteroatoms. The van der Waals surface area contributed by atoms with Crippen molar-refractivity contribution in [2.75, 3.05) is 5.32 Å². The van der Waals surface area contributed by atoms with Gasteiger partial charge in [0, 0.05) is 28.7 Å². The van der Waals surface area contributed by atoms with Crippen LogP contribution in [-0.4, -0.2) is 15.5 Å². The molecule has 3 aromatic rings. The molecule has 0 aliphatic heterocycles. The van der Waals surface area contributed by atoms with Crippen molar-refractivity contribution in [3.63, 3.8) is 0 Å². The van der Waals surface area contributed by atoms with Gasteiger partial charge in [-0.15, -0.1) is 5.10 Å². The minimum atomic E-state index is -0.426. The number of hydrogen-bond donors (Lipinski definition) is 2. The maximum Gasteiger partial charge on any atom is 0.248 e. The second-order valence-corrected chi connectivity index (χ2v) is 5.40. The molecule has 5 nitrogen and oxygen atoms in total. The Labute approximate surface area is 132 Å². The predicted molar refractivity (Wildman–Crippen MR) is 87.6 cm³/mol. The zero-order valence-electron chi connectivity index (χ0n) is 11.7. The first-order chi connectivity index (χ1) is 10.7. The maximum atomic E-state index is 11.2. The van der Waals surface area contributed by atoms with Crippen LogP contribution in [-0.2, 0) is 6.54 Å². The maximum absolute atomic E-state index is 11.2. The van der Waals surface area contributed by atoms with Gasteiger partial charge < -0.3 is 11.1 Å². The van der Waals surface area contributed by atoms with E-state index in [-0.39, 0.29) is 0 Å². The molecule has 1 heterocycles. The second kappa shape index (κ2) is 6.36. The lowest BCUT2D eigenvalue weighted by molar-refractivity contribution is 0.100. The molecule has 1 aromatic heterocycles. The molecule has 0 spiro atoms. The van der Waals surface area contributed by atoms with Crippen LogP contribution in [0.15, 0.2) is 53.9 Å². The summed E-state index contributed by atoms with van der Waals surface area (Å²) >= 11 is 1.34. The minimum absolute atomic E-state index is 0.426. The monoisotopic (exact) mass is 310 g/mol. The molecule has 0 aliphatic rings. The van der Waals surface area contributed by atoms with E-state index in [0.29, 0.717) is 12.1 Å². The molecule has 1 amide bonds. The first kappa shape index (κ1) is 14.2. The van der Waals surface area contributed by atoms with Crippen LogP contribution in [0, 0.1) is 0 Å². The van der Waals surface area contributed by atoms with Crippen LogP contribution >= 0.6 is 11.5 Å². The highest BCUT2D eigenvalue weighted by molar-refractivity contribution is 7.03. The molecular weight excluding hydrogens is 296 g/mol. The summed E-state index contributed by atoms with van der Waals surface area (Å²) in [6, 6.07) is 15.3. The molecule has 3 rings (SSSR count). The molecule has 0 radical (unpaired) electrons. The number of primary amides is 1. The molecule has 0 atom stereocenters. The van der Waals surface area contributed by atoms with Crippen molar-refractivity contribution >= 4 is 23.1 Å². The largest absolute Gasteiger partial charge is 0.381 e. The lowest BCUT2D eigenvalue weighted by Crippen LogP contribution is -2.11. The summed E-state index contributed by atoms with van der Waals surface area (Å²) in [6.45, 7) is 0.664. The van der Waals surface area contributed by atoms with Crippen molar-refractivity contribution in [2.45, 2.75) is 6.54 Å². The first-order valence-electron chi connectivity index (χ1n) is 6.72. The highest BCUT2D eigenvalue weighted by Gasteiger charge is 2.03. The van der Waals surface area contributed by atoms with Gasteiger partial charge in [0.1, 0.15) is 5.69 Å². The number of nitrogens with two attached hydrogens (primary N) is 1. The Morgan fingerprint density at radius 3 is 2.68 bits per heavy atom. The fourth-order valence-electron chi connectivity index (χ4n) is 2.07. The van der Waals surface area contributed by atoms with E-state index in [1.807, 2.05) is 35.7 Å². The quantitative estimate of drug-likeness (QED) is 0.759. The summed E-state index contributed by atoms with van der Waals surface area (Å²) in [5.41, 5.74) is 9.71. The van der Waals surface area contributed by atoms with E-state index in [1.54, 1.807) is 18.2 Å². The number of benzene rings is 2. The van der Waals surface area contributed by atoms with Gasteiger partial charge in [-0.05, 0) is 35.3 Å². The summed E-state index contributed by atoms with van der Waals surface area (Å²) in [7, 11) is 0. The van der Waals surface area contributed by atoms with E-state index >= 15 is 0 Å². The molecule has 0 saturated carbocycles. The first-order valence-corrected chi connectivity index (χ1v) is 7.56. The molecule has 110 valence electrons. The Morgan fingerprint density at radius 1 is 1.18 bits per heavy atom. The van der Waals surface area contributed by atoms with Crippen LogP contribution in [0.5, 0.6) is 0 Å². The Balaban J connectivity index is 1.66. The van der Waals surface area contributed by atoms with E-state index in [0.717, 1.165) is 22.5 Å². The number of carbonyl (C=O) groups is 1. The number of hydrogen-bond acceptors (Lipinski definition) is 5. The van der Waals surface area contributed by atoms with E-state index in [2.05, 4.69) is 14.9 Å². The Bertz CT molecular complexity index is 769. The zero-order valence-corrected chi connectivity index (χ0v) is 12.5. The van der Waals surface area contributed by atoms with Gasteiger partial charge in [0.05, 0.1) is 0 Å². The minimum Gasteiger partial charge on any atom is -0.381 e. The Kier molecular flexibility index (Phi) is 4.11. The van der Waals surface area contributed by atoms with Crippen LogP contribution in [0.3, 0.4) is 0 Å². The van der Waals surface area contributed by atoms with Gasteiger partial charge in [-0.25, -0.2) is 0 Å². The lowest BCUT2D eigenvalue weighted by atomic mass is 10.1. The molecule has 0 saturated heterocycles. The Hall–Kier alpha value is -2.73. The normalized spacial score (nSPS) is 10.4. The van der Waals surface area contributed by atoms with Crippen LogP contribution in [0.25, 0.3) is 11.3 Å². The van der Waals surface area contributed by atoms with Gasteiger partial charge in [-0.3, -0.25) is 4.79 Å². The predicted octanol–water partition coefficient (Wildman–Crippen LogP) is 2.92. The number of carbonyl (C=O) groups excluding carboxylic acids is 1. The molecule has 0 bridgehead atoms. The third-order valence-corrected chi connectivity index (χ3v) is 3.76. The van der Waals surface area contributed by atoms with Crippen molar-refractivity contribution in [1.29, 1.82) is 0 Å². The number of anilines is 1. The summed E-state index contributed by atoms with van der Waals surface area (Å²) in [6.07, 6.45) is 0. The lowest BCUT2D eigenvalue weighted by Gasteiger charge is -2.08. The van der Waals surface area contributed by atoms with Crippen molar-refractivity contribution in [3.05, 3.63) is 65.0 Å². The topological polar surface area (TPSA) is 80.9 Å². The highest BCUT2D eigenvalue weighted by Crippen LogP contribution is 2.19.